The van der Waals surface area contributed by atoms with Gasteiger partial charge in [-0.2, -0.15) is 0 Å². The monoisotopic (exact) mass is 360 g/mol. The quantitative estimate of drug-likeness (QED) is 0.336. The van der Waals surface area contributed by atoms with Crippen molar-refractivity contribution in [2.45, 2.75) is 60.3 Å². The first kappa shape index (κ1) is 15.7. The Bertz CT molecular complexity index is 1250. The van der Waals surface area contributed by atoms with Crippen molar-refractivity contribution in [2.75, 3.05) is 0 Å². The van der Waals surface area contributed by atoms with Gasteiger partial charge in [-0.15, -0.1) is 0 Å². The summed E-state index contributed by atoms with van der Waals surface area (Å²) < 4.78 is 23.7. The Morgan fingerprint density at radius 2 is 1.44 bits per heavy atom. The SMILES string of the molecule is [2H]C([2H])(c1ccc2c(ccc3c4ccc(C)c(C(C)(C)C)c4oc23)c1)C(C)(C)C. The molecule has 4 rings (SSSR count). The number of hydrogen-bond acceptors (Lipinski definition) is 1. The number of rotatable bonds is 1. The summed E-state index contributed by atoms with van der Waals surface area (Å²) in [7, 11) is 0. The van der Waals surface area contributed by atoms with Crippen LogP contribution in [0.2, 0.25) is 0 Å². The number of benzene rings is 3. The lowest BCUT2D eigenvalue weighted by Gasteiger charge is -2.21. The van der Waals surface area contributed by atoms with Crippen LogP contribution in [0, 0.1) is 12.3 Å². The second kappa shape index (κ2) is 5.86. The zero-order valence-electron chi connectivity index (χ0n) is 19.4. The minimum atomic E-state index is -1.42. The standard InChI is InChI=1S/C26H30O/c1-16-8-11-21-20-13-10-18-14-17(15-25(2,3)4)9-12-19(18)23(20)27-24(21)22(16)26(5,6)7/h8-14H,15H2,1-7H3/i15D2. The van der Waals surface area contributed by atoms with Crippen LogP contribution in [-0.4, -0.2) is 0 Å². The molecular weight excluding hydrogens is 328 g/mol. The molecule has 0 aliphatic heterocycles. The van der Waals surface area contributed by atoms with E-state index in [4.69, 9.17) is 7.16 Å². The summed E-state index contributed by atoms with van der Waals surface area (Å²) in [6.45, 7) is 14.6. The summed E-state index contributed by atoms with van der Waals surface area (Å²) in [6, 6.07) is 14.4. The molecule has 0 aliphatic carbocycles. The van der Waals surface area contributed by atoms with Gasteiger partial charge in [-0.05, 0) is 46.7 Å². The van der Waals surface area contributed by atoms with E-state index in [9.17, 15) is 0 Å². The van der Waals surface area contributed by atoms with Crippen LogP contribution in [0.1, 0.15) is 61.0 Å². The van der Waals surface area contributed by atoms with Crippen molar-refractivity contribution in [1.82, 2.24) is 0 Å². The summed E-state index contributed by atoms with van der Waals surface area (Å²) in [6.07, 6.45) is -1.42. The van der Waals surface area contributed by atoms with Gasteiger partial charge in [0.2, 0.25) is 0 Å². The third-order valence-electron chi connectivity index (χ3n) is 5.10. The van der Waals surface area contributed by atoms with Crippen molar-refractivity contribution < 1.29 is 7.16 Å². The van der Waals surface area contributed by atoms with E-state index >= 15 is 0 Å². The molecule has 140 valence electrons. The van der Waals surface area contributed by atoms with Crippen LogP contribution >= 0.6 is 0 Å². The Kier molecular flexibility index (Phi) is 3.42. The van der Waals surface area contributed by atoms with Crippen molar-refractivity contribution in [3.8, 4) is 0 Å². The molecule has 27 heavy (non-hydrogen) atoms. The van der Waals surface area contributed by atoms with Gasteiger partial charge in [0.25, 0.3) is 0 Å². The third-order valence-corrected chi connectivity index (χ3v) is 5.10. The van der Waals surface area contributed by atoms with Gasteiger partial charge in [-0.1, -0.05) is 77.9 Å². The lowest BCUT2D eigenvalue weighted by Crippen LogP contribution is -2.13. The normalized spacial score (nSPS) is 14.8. The molecule has 1 nitrogen and oxygen atoms in total. The fourth-order valence-corrected chi connectivity index (χ4v) is 4.17. The highest BCUT2D eigenvalue weighted by Crippen LogP contribution is 2.40. The second-order valence-electron chi connectivity index (χ2n) is 9.74. The maximum Gasteiger partial charge on any atom is 0.143 e. The minimum absolute atomic E-state index is 0.0107. The first-order valence-corrected chi connectivity index (χ1v) is 9.72. The first-order chi connectivity index (χ1) is 13.3. The van der Waals surface area contributed by atoms with Crippen molar-refractivity contribution in [1.29, 1.82) is 0 Å². The highest BCUT2D eigenvalue weighted by atomic mass is 16.3. The molecular formula is C26H30O. The van der Waals surface area contributed by atoms with Gasteiger partial charge in [-0.25, -0.2) is 0 Å². The number of hydrogen-bond donors (Lipinski definition) is 0. The summed E-state index contributed by atoms with van der Waals surface area (Å²) >= 11 is 0. The zero-order chi connectivity index (χ0) is 21.4. The molecule has 3 aromatic carbocycles. The average Bonchev–Trinajstić information content (AvgIpc) is 2.97. The van der Waals surface area contributed by atoms with Crippen LogP contribution in [0.3, 0.4) is 0 Å². The number of furan rings is 1. The van der Waals surface area contributed by atoms with E-state index < -0.39 is 11.8 Å². The molecule has 0 unspecified atom stereocenters. The van der Waals surface area contributed by atoms with Crippen molar-refractivity contribution in [3.63, 3.8) is 0 Å². The molecule has 0 N–H and O–H groups in total. The summed E-state index contributed by atoms with van der Waals surface area (Å²) in [5.41, 5.74) is 4.56. The Morgan fingerprint density at radius 3 is 2.11 bits per heavy atom. The molecule has 0 amide bonds. The maximum absolute atomic E-state index is 8.61. The molecule has 0 aliphatic rings. The highest BCUT2D eigenvalue weighted by Gasteiger charge is 2.23. The summed E-state index contributed by atoms with van der Waals surface area (Å²) in [4.78, 5) is 0. The smallest absolute Gasteiger partial charge is 0.143 e. The predicted molar refractivity (Wildman–Crippen MR) is 118 cm³/mol. The molecule has 0 radical (unpaired) electrons. The van der Waals surface area contributed by atoms with E-state index in [1.54, 1.807) is 0 Å². The van der Waals surface area contributed by atoms with Crippen LogP contribution in [0.15, 0.2) is 46.9 Å². The van der Waals surface area contributed by atoms with Gasteiger partial charge in [0.05, 0.1) is 0 Å². The fourth-order valence-electron chi connectivity index (χ4n) is 4.17. The summed E-state index contributed by atoms with van der Waals surface area (Å²) in [5.74, 6) is 0. The third kappa shape index (κ3) is 3.14. The second-order valence-corrected chi connectivity index (χ2v) is 9.74. The Hall–Kier alpha value is -2.28. The van der Waals surface area contributed by atoms with Gasteiger partial charge >= 0.3 is 0 Å². The van der Waals surface area contributed by atoms with Crippen molar-refractivity contribution in [2.24, 2.45) is 5.41 Å². The molecule has 0 fully saturated rings. The zero-order valence-corrected chi connectivity index (χ0v) is 17.4. The largest absolute Gasteiger partial charge is 0.455 e. The lowest BCUT2D eigenvalue weighted by atomic mass is 9.83. The Balaban J connectivity index is 2.03. The molecule has 0 atom stereocenters. The minimum Gasteiger partial charge on any atom is -0.455 e. The molecule has 0 bridgehead atoms. The topological polar surface area (TPSA) is 13.1 Å². The van der Waals surface area contributed by atoms with E-state index in [2.05, 4.69) is 52.0 Å². The molecule has 4 aromatic rings. The van der Waals surface area contributed by atoms with E-state index in [0.717, 1.165) is 32.7 Å². The van der Waals surface area contributed by atoms with E-state index in [1.807, 2.05) is 39.0 Å². The number of fused-ring (bicyclic) bond motifs is 5. The maximum atomic E-state index is 8.61. The van der Waals surface area contributed by atoms with Gasteiger partial charge in [0.1, 0.15) is 11.2 Å². The molecule has 1 aromatic heterocycles. The lowest BCUT2D eigenvalue weighted by molar-refractivity contribution is 0.411. The fraction of sp³-hybridized carbons (Fsp3) is 0.385. The average molecular weight is 361 g/mol. The van der Waals surface area contributed by atoms with Crippen LogP contribution in [0.25, 0.3) is 32.7 Å². The van der Waals surface area contributed by atoms with E-state index in [1.165, 1.54) is 11.1 Å². The van der Waals surface area contributed by atoms with Gasteiger partial charge < -0.3 is 4.42 Å². The summed E-state index contributed by atoms with van der Waals surface area (Å²) in [5, 5.41) is 4.30. The number of aryl methyl sites for hydroxylation is 1. The van der Waals surface area contributed by atoms with E-state index in [0.29, 0.717) is 5.56 Å². The molecule has 0 saturated carbocycles. The predicted octanol–water partition coefficient (Wildman–Crippen LogP) is 7.93. The van der Waals surface area contributed by atoms with Crippen molar-refractivity contribution >= 4 is 32.7 Å². The van der Waals surface area contributed by atoms with Gasteiger partial charge in [-0.3, -0.25) is 0 Å². The molecule has 1 heteroatoms. The van der Waals surface area contributed by atoms with Crippen LogP contribution in [0.5, 0.6) is 0 Å². The Labute approximate surface area is 165 Å². The first-order valence-electron chi connectivity index (χ1n) is 10.7. The van der Waals surface area contributed by atoms with Crippen molar-refractivity contribution in [3.05, 3.63) is 59.2 Å². The van der Waals surface area contributed by atoms with Gasteiger partial charge in [0, 0.05) is 24.5 Å². The molecule has 0 spiro atoms. The highest BCUT2D eigenvalue weighted by molar-refractivity contribution is 6.15. The van der Waals surface area contributed by atoms with E-state index in [-0.39, 0.29) is 5.41 Å². The van der Waals surface area contributed by atoms with Crippen LogP contribution in [0.4, 0.5) is 0 Å². The Morgan fingerprint density at radius 1 is 0.815 bits per heavy atom. The molecule has 1 heterocycles. The van der Waals surface area contributed by atoms with Gasteiger partial charge in [0.15, 0.2) is 0 Å². The van der Waals surface area contributed by atoms with Crippen LogP contribution < -0.4 is 0 Å². The van der Waals surface area contributed by atoms with Crippen LogP contribution in [-0.2, 0) is 11.8 Å². The molecule has 0 saturated heterocycles.